The molecule has 0 saturated heterocycles. The van der Waals surface area contributed by atoms with Crippen molar-refractivity contribution in [3.8, 4) is 11.5 Å². The van der Waals surface area contributed by atoms with Gasteiger partial charge in [-0.25, -0.2) is 0 Å². The van der Waals surface area contributed by atoms with E-state index >= 15 is 0 Å². The van der Waals surface area contributed by atoms with E-state index in [1.165, 1.54) is 12.8 Å². The van der Waals surface area contributed by atoms with Crippen molar-refractivity contribution in [3.63, 3.8) is 0 Å². The predicted octanol–water partition coefficient (Wildman–Crippen LogP) is 2.85. The molecule has 0 aromatic heterocycles. The van der Waals surface area contributed by atoms with Gasteiger partial charge in [-0.1, -0.05) is 12.1 Å². The molecular formula is C15H23NO2. The Balaban J connectivity index is 1.74. The molecule has 1 aromatic rings. The minimum atomic E-state index is 0.240. The minimum Gasteiger partial charge on any atom is -0.493 e. The third kappa shape index (κ3) is 3.39. The molecule has 1 fully saturated rings. The predicted molar refractivity (Wildman–Crippen MR) is 73.3 cm³/mol. The van der Waals surface area contributed by atoms with Gasteiger partial charge < -0.3 is 14.8 Å². The number of para-hydroxylation sites is 2. The highest BCUT2D eigenvalue weighted by Gasteiger charge is 2.36. The van der Waals surface area contributed by atoms with Gasteiger partial charge in [-0.15, -0.1) is 0 Å². The Labute approximate surface area is 109 Å². The topological polar surface area (TPSA) is 30.5 Å². The Bertz CT molecular complexity index is 386. The summed E-state index contributed by atoms with van der Waals surface area (Å²) >= 11 is 0. The van der Waals surface area contributed by atoms with Gasteiger partial charge in [-0.05, 0) is 44.7 Å². The molecule has 1 aromatic carbocycles. The Kier molecular flexibility index (Phi) is 4.12. The highest BCUT2D eigenvalue weighted by Crippen LogP contribution is 2.39. The first-order chi connectivity index (χ1) is 8.63. The molecule has 1 aliphatic carbocycles. The zero-order valence-electron chi connectivity index (χ0n) is 11.5. The molecule has 18 heavy (non-hydrogen) atoms. The number of rotatable bonds is 7. The average molecular weight is 249 g/mol. The maximum atomic E-state index is 5.74. The van der Waals surface area contributed by atoms with E-state index in [1.807, 2.05) is 24.3 Å². The fourth-order valence-corrected chi connectivity index (χ4v) is 2.22. The van der Waals surface area contributed by atoms with E-state index in [4.69, 9.17) is 9.47 Å². The number of nitrogens with one attached hydrogen (secondary N) is 1. The summed E-state index contributed by atoms with van der Waals surface area (Å²) in [5, 5.41) is 3.56. The quantitative estimate of drug-likeness (QED) is 0.754. The van der Waals surface area contributed by atoms with Crippen LogP contribution in [0.25, 0.3) is 0 Å². The Morgan fingerprint density at radius 2 is 1.89 bits per heavy atom. The summed E-state index contributed by atoms with van der Waals surface area (Å²) in [7, 11) is 1.66. The van der Waals surface area contributed by atoms with E-state index in [1.54, 1.807) is 7.11 Å². The molecule has 0 bridgehead atoms. The minimum absolute atomic E-state index is 0.240. The number of benzene rings is 1. The van der Waals surface area contributed by atoms with Gasteiger partial charge in [-0.3, -0.25) is 0 Å². The molecule has 1 aliphatic rings. The summed E-state index contributed by atoms with van der Waals surface area (Å²) in [5.41, 5.74) is 0.240. The van der Waals surface area contributed by atoms with Crippen molar-refractivity contribution in [3.05, 3.63) is 24.3 Å². The van der Waals surface area contributed by atoms with Gasteiger partial charge in [0.05, 0.1) is 7.11 Å². The van der Waals surface area contributed by atoms with Crippen LogP contribution in [0.1, 0.15) is 26.7 Å². The van der Waals surface area contributed by atoms with Crippen molar-refractivity contribution in [1.82, 2.24) is 5.32 Å². The van der Waals surface area contributed by atoms with E-state index in [0.29, 0.717) is 6.61 Å². The monoisotopic (exact) mass is 249 g/mol. The second-order valence-corrected chi connectivity index (χ2v) is 5.42. The molecule has 2 rings (SSSR count). The van der Waals surface area contributed by atoms with Crippen LogP contribution in [-0.2, 0) is 0 Å². The summed E-state index contributed by atoms with van der Waals surface area (Å²) in [6.45, 7) is 6.07. The third-order valence-electron chi connectivity index (χ3n) is 3.61. The Morgan fingerprint density at radius 3 is 2.50 bits per heavy atom. The summed E-state index contributed by atoms with van der Waals surface area (Å²) in [6, 6.07) is 7.75. The summed E-state index contributed by atoms with van der Waals surface area (Å²) in [4.78, 5) is 0. The fourth-order valence-electron chi connectivity index (χ4n) is 2.22. The molecule has 1 saturated carbocycles. The lowest BCUT2D eigenvalue weighted by Gasteiger charge is -2.26. The van der Waals surface area contributed by atoms with E-state index in [2.05, 4.69) is 19.2 Å². The van der Waals surface area contributed by atoms with Crippen LogP contribution in [0.5, 0.6) is 11.5 Å². The molecule has 100 valence electrons. The van der Waals surface area contributed by atoms with Crippen molar-refractivity contribution in [1.29, 1.82) is 0 Å². The molecule has 0 aliphatic heterocycles. The summed E-state index contributed by atoms with van der Waals surface area (Å²) < 4.78 is 11.0. The highest BCUT2D eigenvalue weighted by molar-refractivity contribution is 5.39. The van der Waals surface area contributed by atoms with Crippen molar-refractivity contribution in [2.45, 2.75) is 32.2 Å². The van der Waals surface area contributed by atoms with Gasteiger partial charge in [0.15, 0.2) is 11.5 Å². The Morgan fingerprint density at radius 1 is 1.22 bits per heavy atom. The van der Waals surface area contributed by atoms with Gasteiger partial charge in [-0.2, -0.15) is 0 Å². The van der Waals surface area contributed by atoms with Gasteiger partial charge in [0.25, 0.3) is 0 Å². The summed E-state index contributed by atoms with van der Waals surface area (Å²) in [6.07, 6.45) is 2.71. The lowest BCUT2D eigenvalue weighted by atomic mass is 9.99. The van der Waals surface area contributed by atoms with Gasteiger partial charge in [0.1, 0.15) is 6.61 Å². The molecule has 0 spiro atoms. The molecule has 0 amide bonds. The highest BCUT2D eigenvalue weighted by atomic mass is 16.5. The second-order valence-electron chi connectivity index (χ2n) is 5.42. The first kappa shape index (κ1) is 13.2. The standard InChI is InChI=1S/C15H23NO2/c1-15(2,12-8-9-12)16-10-11-18-14-7-5-4-6-13(14)17-3/h4-7,12,16H,8-11H2,1-3H3. The molecule has 0 unspecified atom stereocenters. The number of hydrogen-bond donors (Lipinski definition) is 1. The van der Waals surface area contributed by atoms with Gasteiger partial charge in [0.2, 0.25) is 0 Å². The van der Waals surface area contributed by atoms with Gasteiger partial charge in [0, 0.05) is 12.1 Å². The normalized spacial score (nSPS) is 15.5. The van der Waals surface area contributed by atoms with Crippen LogP contribution in [0.2, 0.25) is 0 Å². The Hall–Kier alpha value is -1.22. The van der Waals surface area contributed by atoms with Crippen LogP contribution in [-0.4, -0.2) is 25.8 Å². The molecule has 0 atom stereocenters. The number of methoxy groups -OCH3 is 1. The van der Waals surface area contributed by atoms with Crippen molar-refractivity contribution in [2.75, 3.05) is 20.3 Å². The maximum Gasteiger partial charge on any atom is 0.161 e. The van der Waals surface area contributed by atoms with Crippen LogP contribution in [0.4, 0.5) is 0 Å². The van der Waals surface area contributed by atoms with Crippen LogP contribution < -0.4 is 14.8 Å². The zero-order valence-corrected chi connectivity index (χ0v) is 11.5. The first-order valence-corrected chi connectivity index (χ1v) is 6.64. The molecule has 0 heterocycles. The maximum absolute atomic E-state index is 5.74. The van der Waals surface area contributed by atoms with Crippen LogP contribution in [0.15, 0.2) is 24.3 Å². The van der Waals surface area contributed by atoms with Crippen molar-refractivity contribution in [2.24, 2.45) is 5.92 Å². The molecule has 3 nitrogen and oxygen atoms in total. The second kappa shape index (κ2) is 5.61. The first-order valence-electron chi connectivity index (χ1n) is 6.64. The smallest absolute Gasteiger partial charge is 0.161 e. The fraction of sp³-hybridized carbons (Fsp3) is 0.600. The third-order valence-corrected chi connectivity index (χ3v) is 3.61. The molecule has 1 N–H and O–H groups in total. The van der Waals surface area contributed by atoms with E-state index < -0.39 is 0 Å². The zero-order chi connectivity index (χ0) is 13.0. The SMILES string of the molecule is COc1ccccc1OCCNC(C)(C)C1CC1. The summed E-state index contributed by atoms with van der Waals surface area (Å²) in [5.74, 6) is 2.44. The van der Waals surface area contributed by atoms with Crippen LogP contribution in [0.3, 0.4) is 0 Å². The van der Waals surface area contributed by atoms with Crippen molar-refractivity contribution >= 4 is 0 Å². The largest absolute Gasteiger partial charge is 0.493 e. The molecule has 3 heteroatoms. The van der Waals surface area contributed by atoms with E-state index in [-0.39, 0.29) is 5.54 Å². The van der Waals surface area contributed by atoms with Gasteiger partial charge >= 0.3 is 0 Å². The lowest BCUT2D eigenvalue weighted by molar-refractivity contribution is 0.260. The van der Waals surface area contributed by atoms with E-state index in [0.717, 1.165) is 24.0 Å². The lowest BCUT2D eigenvalue weighted by Crippen LogP contribution is -2.43. The number of hydrogen-bond acceptors (Lipinski definition) is 3. The molecular weight excluding hydrogens is 226 g/mol. The van der Waals surface area contributed by atoms with Crippen LogP contribution in [0, 0.1) is 5.92 Å². The average Bonchev–Trinajstić information content (AvgIpc) is 3.19. The molecule has 0 radical (unpaired) electrons. The number of ether oxygens (including phenoxy) is 2. The van der Waals surface area contributed by atoms with Crippen molar-refractivity contribution < 1.29 is 9.47 Å². The van der Waals surface area contributed by atoms with Crippen LogP contribution >= 0.6 is 0 Å². The van der Waals surface area contributed by atoms with E-state index in [9.17, 15) is 0 Å².